The van der Waals surface area contributed by atoms with Crippen LogP contribution in [-0.2, 0) is 16.0 Å². The second kappa shape index (κ2) is 5.53. The molecule has 0 aromatic heterocycles. The second-order valence-electron chi connectivity index (χ2n) is 5.43. The second-order valence-corrected chi connectivity index (χ2v) is 5.43. The molecule has 0 saturated carbocycles. The van der Waals surface area contributed by atoms with Gasteiger partial charge in [-0.05, 0) is 37.8 Å². The first-order valence-corrected chi connectivity index (χ1v) is 6.82. The number of carbonyl (C=O) groups is 2. The smallest absolute Gasteiger partial charge is 0.329 e. The Bertz CT molecular complexity index is 530. The van der Waals surface area contributed by atoms with Gasteiger partial charge < -0.3 is 15.7 Å². The van der Waals surface area contributed by atoms with Gasteiger partial charge in [-0.2, -0.15) is 0 Å². The lowest BCUT2D eigenvalue weighted by Crippen LogP contribution is -2.50. The third-order valence-electron chi connectivity index (χ3n) is 4.07. The lowest BCUT2D eigenvalue weighted by atomic mass is 9.98. The number of amides is 1. The fourth-order valence-corrected chi connectivity index (χ4v) is 2.72. The van der Waals surface area contributed by atoms with Crippen molar-refractivity contribution in [3.05, 3.63) is 29.8 Å². The van der Waals surface area contributed by atoms with Gasteiger partial charge >= 0.3 is 5.97 Å². The van der Waals surface area contributed by atoms with Crippen molar-refractivity contribution in [2.45, 2.75) is 38.1 Å². The van der Waals surface area contributed by atoms with E-state index in [-0.39, 0.29) is 12.3 Å². The molecule has 1 unspecified atom stereocenters. The number of carbonyl (C=O) groups excluding carboxylic acids is 1. The van der Waals surface area contributed by atoms with Crippen molar-refractivity contribution in [2.75, 3.05) is 12.3 Å². The maximum Gasteiger partial charge on any atom is 0.329 e. The molecule has 1 aromatic carbocycles. The van der Waals surface area contributed by atoms with Gasteiger partial charge in [-0.1, -0.05) is 18.2 Å². The summed E-state index contributed by atoms with van der Waals surface area (Å²) in [7, 11) is 0. The predicted octanol–water partition coefficient (Wildman–Crippen LogP) is 1.67. The number of nitrogen functional groups attached to an aromatic ring is 1. The summed E-state index contributed by atoms with van der Waals surface area (Å²) in [6.07, 6.45) is 2.08. The summed E-state index contributed by atoms with van der Waals surface area (Å²) in [5.74, 6) is -1.04. The highest BCUT2D eigenvalue weighted by atomic mass is 16.4. The van der Waals surface area contributed by atoms with Crippen molar-refractivity contribution in [1.82, 2.24) is 4.90 Å². The number of nitrogens with zero attached hydrogens (tertiary/aromatic N) is 1. The quantitative estimate of drug-likeness (QED) is 0.819. The van der Waals surface area contributed by atoms with Crippen molar-refractivity contribution in [3.63, 3.8) is 0 Å². The average molecular weight is 276 g/mol. The molecule has 3 N–H and O–H groups in total. The van der Waals surface area contributed by atoms with E-state index in [1.807, 2.05) is 18.2 Å². The monoisotopic (exact) mass is 276 g/mol. The van der Waals surface area contributed by atoms with E-state index >= 15 is 0 Å². The number of para-hydroxylation sites is 1. The summed E-state index contributed by atoms with van der Waals surface area (Å²) >= 11 is 0. The molecule has 1 amide bonds. The van der Waals surface area contributed by atoms with Crippen LogP contribution in [0.5, 0.6) is 0 Å². The molecule has 1 fully saturated rings. The molecule has 20 heavy (non-hydrogen) atoms. The van der Waals surface area contributed by atoms with E-state index in [0.717, 1.165) is 12.0 Å². The highest BCUT2D eigenvalue weighted by Crippen LogP contribution is 2.30. The number of aryl methyl sites for hydroxylation is 1. The topological polar surface area (TPSA) is 83.6 Å². The zero-order chi connectivity index (χ0) is 14.8. The number of carboxylic acids is 1. The minimum Gasteiger partial charge on any atom is -0.480 e. The van der Waals surface area contributed by atoms with E-state index in [4.69, 9.17) is 5.73 Å². The van der Waals surface area contributed by atoms with Crippen LogP contribution in [0.1, 0.15) is 31.7 Å². The van der Waals surface area contributed by atoms with Gasteiger partial charge in [0.1, 0.15) is 5.54 Å². The first-order valence-electron chi connectivity index (χ1n) is 6.82. The molecule has 108 valence electrons. The van der Waals surface area contributed by atoms with Crippen molar-refractivity contribution in [2.24, 2.45) is 0 Å². The van der Waals surface area contributed by atoms with E-state index in [1.54, 1.807) is 13.0 Å². The first kappa shape index (κ1) is 14.4. The van der Waals surface area contributed by atoms with Gasteiger partial charge in [0, 0.05) is 18.7 Å². The van der Waals surface area contributed by atoms with E-state index in [0.29, 0.717) is 25.1 Å². The van der Waals surface area contributed by atoms with Crippen molar-refractivity contribution in [3.8, 4) is 0 Å². The molecule has 5 heteroatoms. The molecular weight excluding hydrogens is 256 g/mol. The highest BCUT2D eigenvalue weighted by molar-refractivity contribution is 5.87. The van der Waals surface area contributed by atoms with Gasteiger partial charge in [0.15, 0.2) is 0 Å². The number of carboxylic acid groups (broad SMARTS) is 1. The Hall–Kier alpha value is -2.04. The maximum absolute atomic E-state index is 12.3. The lowest BCUT2D eigenvalue weighted by molar-refractivity contribution is -0.155. The molecule has 0 bridgehead atoms. The summed E-state index contributed by atoms with van der Waals surface area (Å²) in [4.78, 5) is 25.1. The summed E-state index contributed by atoms with van der Waals surface area (Å²) in [5.41, 5.74) is 6.38. The van der Waals surface area contributed by atoms with E-state index < -0.39 is 11.5 Å². The Morgan fingerprint density at radius 1 is 1.40 bits per heavy atom. The maximum atomic E-state index is 12.3. The molecule has 2 rings (SSSR count). The Kier molecular flexibility index (Phi) is 3.97. The molecule has 5 nitrogen and oxygen atoms in total. The van der Waals surface area contributed by atoms with E-state index in [2.05, 4.69) is 0 Å². The van der Waals surface area contributed by atoms with E-state index in [9.17, 15) is 14.7 Å². The fourth-order valence-electron chi connectivity index (χ4n) is 2.72. The van der Waals surface area contributed by atoms with Gasteiger partial charge in [0.25, 0.3) is 0 Å². The number of aliphatic carboxylic acids is 1. The van der Waals surface area contributed by atoms with Crippen molar-refractivity contribution in [1.29, 1.82) is 0 Å². The van der Waals surface area contributed by atoms with Crippen LogP contribution in [-0.4, -0.2) is 34.0 Å². The third-order valence-corrected chi connectivity index (χ3v) is 4.07. The molecule has 1 saturated heterocycles. The van der Waals surface area contributed by atoms with Gasteiger partial charge in [0.2, 0.25) is 5.91 Å². The van der Waals surface area contributed by atoms with Crippen LogP contribution in [0, 0.1) is 0 Å². The Morgan fingerprint density at radius 3 is 2.75 bits per heavy atom. The predicted molar refractivity (Wildman–Crippen MR) is 76.2 cm³/mol. The molecule has 1 heterocycles. The lowest BCUT2D eigenvalue weighted by Gasteiger charge is -2.31. The molecular formula is C15H20N2O3. The van der Waals surface area contributed by atoms with E-state index in [1.165, 1.54) is 4.90 Å². The summed E-state index contributed by atoms with van der Waals surface area (Å²) in [5, 5.41) is 9.31. The number of nitrogens with two attached hydrogens (primary N) is 1. The number of benzene rings is 1. The average Bonchev–Trinajstić information content (AvgIpc) is 2.81. The summed E-state index contributed by atoms with van der Waals surface area (Å²) < 4.78 is 0. The van der Waals surface area contributed by atoms with Crippen LogP contribution in [0.25, 0.3) is 0 Å². The van der Waals surface area contributed by atoms with Crippen LogP contribution < -0.4 is 5.73 Å². The Labute approximate surface area is 118 Å². The van der Waals surface area contributed by atoms with Crippen molar-refractivity contribution >= 4 is 17.6 Å². The summed E-state index contributed by atoms with van der Waals surface area (Å²) in [6, 6.07) is 7.43. The molecule has 1 aliphatic rings. The number of hydrogen-bond acceptors (Lipinski definition) is 3. The zero-order valence-electron chi connectivity index (χ0n) is 11.6. The standard InChI is InChI=1S/C15H20N2O3/c1-15(14(19)20)9-4-10-17(15)13(18)8-7-11-5-2-3-6-12(11)16/h2-3,5-6H,4,7-10,16H2,1H3,(H,19,20). The van der Waals surface area contributed by atoms with Gasteiger partial charge in [-0.25, -0.2) is 4.79 Å². The van der Waals surface area contributed by atoms with Crippen LogP contribution in [0.3, 0.4) is 0 Å². The first-order chi connectivity index (χ1) is 9.45. The normalized spacial score (nSPS) is 21.9. The van der Waals surface area contributed by atoms with Crippen LogP contribution in [0.2, 0.25) is 0 Å². The summed E-state index contributed by atoms with van der Waals surface area (Å²) in [6.45, 7) is 2.14. The molecule has 0 radical (unpaired) electrons. The van der Waals surface area contributed by atoms with Crippen LogP contribution >= 0.6 is 0 Å². The molecule has 1 atom stereocenters. The fraction of sp³-hybridized carbons (Fsp3) is 0.467. The number of anilines is 1. The number of rotatable bonds is 4. The van der Waals surface area contributed by atoms with Gasteiger partial charge in [-0.15, -0.1) is 0 Å². The van der Waals surface area contributed by atoms with Crippen molar-refractivity contribution < 1.29 is 14.7 Å². The SMILES string of the molecule is CC1(C(=O)O)CCCN1C(=O)CCc1ccccc1N. The molecule has 0 spiro atoms. The number of hydrogen-bond donors (Lipinski definition) is 2. The van der Waals surface area contributed by atoms with Crippen LogP contribution in [0.4, 0.5) is 5.69 Å². The molecule has 1 aromatic rings. The molecule has 0 aliphatic carbocycles. The zero-order valence-corrected chi connectivity index (χ0v) is 11.6. The van der Waals surface area contributed by atoms with Crippen LogP contribution in [0.15, 0.2) is 24.3 Å². The number of likely N-dealkylation sites (tertiary alicyclic amines) is 1. The largest absolute Gasteiger partial charge is 0.480 e. The molecule has 1 aliphatic heterocycles. The Morgan fingerprint density at radius 2 is 2.10 bits per heavy atom. The minimum absolute atomic E-state index is 0.115. The Balaban J connectivity index is 2.02. The highest BCUT2D eigenvalue weighted by Gasteiger charge is 2.45. The van der Waals surface area contributed by atoms with Gasteiger partial charge in [-0.3, -0.25) is 4.79 Å². The minimum atomic E-state index is -1.06. The third kappa shape index (κ3) is 2.61. The van der Waals surface area contributed by atoms with Gasteiger partial charge in [0.05, 0.1) is 0 Å².